The average Bonchev–Trinajstić information content (AvgIpc) is 2.36. The molecule has 0 unspecified atom stereocenters. The van der Waals surface area contributed by atoms with E-state index in [1.54, 1.807) is 12.4 Å². The Bertz CT molecular complexity index is 636. The summed E-state index contributed by atoms with van der Waals surface area (Å²) >= 11 is 0. The second-order valence-corrected chi connectivity index (χ2v) is 16.4. The Balaban J connectivity index is 2.45. The van der Waals surface area contributed by atoms with Crippen LogP contribution in [-0.2, 0) is 0 Å². The lowest BCUT2D eigenvalue weighted by Gasteiger charge is -2.23. The van der Waals surface area contributed by atoms with Crippen molar-refractivity contribution in [1.29, 1.82) is 0 Å². The van der Waals surface area contributed by atoms with Crippen molar-refractivity contribution in [2.45, 2.75) is 39.3 Å². The monoisotopic (exact) mass is 332 g/mol. The third-order valence-corrected chi connectivity index (χ3v) is 4.38. The third-order valence-electron chi connectivity index (χ3n) is 2.60. The highest BCUT2D eigenvalue weighted by molar-refractivity contribution is 6.79. The van der Waals surface area contributed by atoms with E-state index in [9.17, 15) is 0 Å². The zero-order valence-electron chi connectivity index (χ0n) is 14.1. The number of hydrogen-bond acceptors (Lipinski definition) is 5. The molecule has 0 spiro atoms. The molecule has 0 amide bonds. The van der Waals surface area contributed by atoms with Gasteiger partial charge in [0.25, 0.3) is 0 Å². The highest BCUT2D eigenvalue weighted by Gasteiger charge is 2.22. The van der Waals surface area contributed by atoms with E-state index in [2.05, 4.69) is 59.2 Å². The fourth-order valence-electron chi connectivity index (χ4n) is 1.85. The van der Waals surface area contributed by atoms with Crippen LogP contribution >= 0.6 is 0 Å². The van der Waals surface area contributed by atoms with E-state index >= 15 is 0 Å². The Labute approximate surface area is 134 Å². The first kappa shape index (κ1) is 16.6. The first-order valence-electron chi connectivity index (χ1n) is 7.40. The van der Waals surface area contributed by atoms with Crippen molar-refractivity contribution in [3.05, 3.63) is 30.6 Å². The molecule has 2 aromatic rings. The molecule has 7 heteroatoms. The van der Waals surface area contributed by atoms with Gasteiger partial charge in [-0.2, -0.15) is 4.98 Å². The van der Waals surface area contributed by atoms with Gasteiger partial charge in [-0.1, -0.05) is 25.7 Å². The van der Waals surface area contributed by atoms with E-state index in [-0.39, 0.29) is 0 Å². The maximum Gasteiger partial charge on any atom is 0.304 e. The van der Waals surface area contributed by atoms with Gasteiger partial charge < -0.3 is 9.41 Å². The van der Waals surface area contributed by atoms with Gasteiger partial charge in [-0.05, 0) is 31.8 Å². The average molecular weight is 333 g/mol. The first-order chi connectivity index (χ1) is 10.1. The zero-order valence-corrected chi connectivity index (χ0v) is 16.1. The van der Waals surface area contributed by atoms with Crippen molar-refractivity contribution in [3.63, 3.8) is 0 Å². The highest BCUT2D eigenvalue weighted by atomic mass is 28.4. The standard InChI is InChI=1S/C15H24N4OSi2/c1-21(2,3)19-14-12(13-9-7-8-10-16-13)11-17-15(18-14)20-22(4,5)6/h7-11H,1-6H3,(H,17,18,19). The van der Waals surface area contributed by atoms with Crippen molar-refractivity contribution < 1.29 is 4.43 Å². The van der Waals surface area contributed by atoms with Gasteiger partial charge in [0.1, 0.15) is 14.1 Å². The van der Waals surface area contributed by atoms with Gasteiger partial charge in [0.05, 0.1) is 11.3 Å². The van der Waals surface area contributed by atoms with Crippen molar-refractivity contribution >= 4 is 22.4 Å². The van der Waals surface area contributed by atoms with Gasteiger partial charge in [0, 0.05) is 12.4 Å². The normalized spacial score (nSPS) is 12.1. The Morgan fingerprint density at radius 2 is 1.73 bits per heavy atom. The van der Waals surface area contributed by atoms with E-state index in [1.165, 1.54) is 0 Å². The molecule has 118 valence electrons. The van der Waals surface area contributed by atoms with Crippen LogP contribution in [0.5, 0.6) is 6.01 Å². The summed E-state index contributed by atoms with van der Waals surface area (Å²) in [6.45, 7) is 13.1. The molecule has 0 aromatic carbocycles. The number of hydrogen-bond donors (Lipinski definition) is 1. The second-order valence-electron chi connectivity index (χ2n) is 7.22. The lowest BCUT2D eigenvalue weighted by molar-refractivity contribution is 0.510. The van der Waals surface area contributed by atoms with E-state index < -0.39 is 16.6 Å². The predicted molar refractivity (Wildman–Crippen MR) is 96.2 cm³/mol. The number of rotatable bonds is 5. The molecule has 22 heavy (non-hydrogen) atoms. The Kier molecular flexibility index (Phi) is 4.67. The van der Waals surface area contributed by atoms with E-state index in [4.69, 9.17) is 4.43 Å². The summed E-state index contributed by atoms with van der Waals surface area (Å²) in [5.74, 6) is 0.807. The number of nitrogens with zero attached hydrogens (tertiary/aromatic N) is 3. The second kappa shape index (κ2) is 6.17. The van der Waals surface area contributed by atoms with Gasteiger partial charge in [0.2, 0.25) is 8.32 Å². The molecule has 5 nitrogen and oxygen atoms in total. The minimum absolute atomic E-state index is 0.444. The van der Waals surface area contributed by atoms with Crippen LogP contribution < -0.4 is 9.41 Å². The smallest absolute Gasteiger partial charge is 0.304 e. The molecule has 2 heterocycles. The Morgan fingerprint density at radius 3 is 2.27 bits per heavy atom. The third kappa shape index (κ3) is 4.92. The van der Waals surface area contributed by atoms with Gasteiger partial charge in [-0.25, -0.2) is 4.98 Å². The molecular weight excluding hydrogens is 308 g/mol. The molecule has 0 radical (unpaired) electrons. The summed E-state index contributed by atoms with van der Waals surface area (Å²) in [5, 5.41) is 0. The highest BCUT2D eigenvalue weighted by Crippen LogP contribution is 2.27. The number of nitrogens with one attached hydrogen (secondary N) is 1. The number of aromatic nitrogens is 3. The van der Waals surface area contributed by atoms with Crippen molar-refractivity contribution in [1.82, 2.24) is 15.0 Å². The van der Waals surface area contributed by atoms with Gasteiger partial charge >= 0.3 is 6.01 Å². The largest absolute Gasteiger partial charge is 0.518 e. The summed E-state index contributed by atoms with van der Waals surface area (Å²) in [6, 6.07) is 6.28. The predicted octanol–water partition coefficient (Wildman–Crippen LogP) is 4.00. The summed E-state index contributed by atoms with van der Waals surface area (Å²) in [7, 11) is -3.29. The Hall–Kier alpha value is -1.74. The van der Waals surface area contributed by atoms with Crippen LogP contribution in [0.3, 0.4) is 0 Å². The summed E-state index contributed by atoms with van der Waals surface area (Å²) in [5.41, 5.74) is 1.77. The maximum atomic E-state index is 5.92. The molecule has 0 aliphatic heterocycles. The summed E-state index contributed by atoms with van der Waals surface area (Å²) in [4.78, 5) is 16.9. The van der Waals surface area contributed by atoms with E-state index in [0.717, 1.165) is 17.1 Å². The molecule has 0 fully saturated rings. The number of pyridine rings is 1. The maximum absolute atomic E-state index is 5.92. The van der Waals surface area contributed by atoms with Crippen LogP contribution in [0, 0.1) is 0 Å². The first-order valence-corrected chi connectivity index (χ1v) is 14.3. The van der Waals surface area contributed by atoms with E-state index in [1.807, 2.05) is 18.2 Å². The van der Waals surface area contributed by atoms with Crippen molar-refractivity contribution in [3.8, 4) is 17.3 Å². The van der Waals surface area contributed by atoms with Crippen molar-refractivity contribution in [2.24, 2.45) is 0 Å². The van der Waals surface area contributed by atoms with Crippen LogP contribution in [0.1, 0.15) is 0 Å². The van der Waals surface area contributed by atoms with Crippen molar-refractivity contribution in [2.75, 3.05) is 4.98 Å². The zero-order chi connectivity index (χ0) is 16.4. The number of anilines is 1. The molecule has 0 aliphatic rings. The summed E-state index contributed by atoms with van der Waals surface area (Å²) < 4.78 is 5.92. The van der Waals surface area contributed by atoms with Gasteiger partial charge in [-0.3, -0.25) is 4.98 Å². The summed E-state index contributed by atoms with van der Waals surface area (Å²) in [6.07, 6.45) is 3.58. The molecule has 1 N–H and O–H groups in total. The minimum Gasteiger partial charge on any atom is -0.518 e. The molecule has 0 atom stereocenters. The Morgan fingerprint density at radius 1 is 1.00 bits per heavy atom. The molecule has 2 rings (SSSR count). The van der Waals surface area contributed by atoms with Gasteiger partial charge in [-0.15, -0.1) is 0 Å². The van der Waals surface area contributed by atoms with Crippen LogP contribution in [0.2, 0.25) is 39.3 Å². The molecular formula is C15H24N4OSi2. The quantitative estimate of drug-likeness (QED) is 0.839. The van der Waals surface area contributed by atoms with Gasteiger partial charge in [0.15, 0.2) is 0 Å². The van der Waals surface area contributed by atoms with E-state index in [0.29, 0.717) is 6.01 Å². The SMILES string of the molecule is C[Si](C)(C)Nc1nc(O[Si](C)(C)C)ncc1-c1ccccn1. The van der Waals surface area contributed by atoms with Crippen LogP contribution in [0.25, 0.3) is 11.3 Å². The minimum atomic E-state index is -1.73. The topological polar surface area (TPSA) is 59.9 Å². The fraction of sp³-hybridized carbons (Fsp3) is 0.400. The fourth-order valence-corrected chi connectivity index (χ4v) is 3.40. The van der Waals surface area contributed by atoms with Crippen LogP contribution in [0.15, 0.2) is 30.6 Å². The molecule has 0 bridgehead atoms. The van der Waals surface area contributed by atoms with Crippen LogP contribution in [0.4, 0.5) is 5.82 Å². The lowest BCUT2D eigenvalue weighted by atomic mass is 10.2. The molecule has 0 saturated carbocycles. The lowest BCUT2D eigenvalue weighted by Crippen LogP contribution is -2.34. The molecule has 0 aliphatic carbocycles. The molecule has 0 saturated heterocycles. The van der Waals surface area contributed by atoms with Crippen LogP contribution in [-0.4, -0.2) is 31.5 Å². The molecule has 2 aromatic heterocycles.